The minimum atomic E-state index is -0.156. The maximum absolute atomic E-state index is 12.7. The lowest BCUT2D eigenvalue weighted by Gasteiger charge is -2.36. The van der Waals surface area contributed by atoms with Crippen LogP contribution in [0.5, 0.6) is 0 Å². The molecule has 2 atom stereocenters. The lowest BCUT2D eigenvalue weighted by Crippen LogP contribution is -2.45. The largest absolute Gasteiger partial charge is 0.372 e. The maximum Gasteiger partial charge on any atom is 0.253 e. The molecule has 0 bridgehead atoms. The molecule has 6 nitrogen and oxygen atoms in total. The van der Waals surface area contributed by atoms with Gasteiger partial charge in [-0.1, -0.05) is 23.7 Å². The molecular weight excluding hydrogens is 400 g/mol. The molecule has 0 saturated carbocycles. The van der Waals surface area contributed by atoms with Gasteiger partial charge in [-0.05, 0) is 50.6 Å². The molecule has 3 heterocycles. The van der Waals surface area contributed by atoms with E-state index in [1.807, 2.05) is 37.4 Å². The van der Waals surface area contributed by atoms with Crippen LogP contribution >= 0.6 is 11.6 Å². The summed E-state index contributed by atoms with van der Waals surface area (Å²) in [5.74, 6) is 0.775. The smallest absolute Gasteiger partial charge is 0.253 e. The third-order valence-corrected chi connectivity index (χ3v) is 5.46. The number of pyridine rings is 2. The number of hydrogen-bond donors (Lipinski definition) is 1. The van der Waals surface area contributed by atoms with Crippen LogP contribution in [0.25, 0.3) is 10.9 Å². The molecule has 1 fully saturated rings. The first-order valence-corrected chi connectivity index (χ1v) is 10.5. The average molecular weight is 425 g/mol. The summed E-state index contributed by atoms with van der Waals surface area (Å²) in [6, 6.07) is 11.3. The summed E-state index contributed by atoms with van der Waals surface area (Å²) in [5, 5.41) is 4.48. The van der Waals surface area contributed by atoms with Crippen molar-refractivity contribution >= 4 is 34.2 Å². The monoisotopic (exact) mass is 424 g/mol. The number of ether oxygens (including phenoxy) is 1. The Balaban J connectivity index is 1.42. The van der Waals surface area contributed by atoms with E-state index in [-0.39, 0.29) is 18.1 Å². The van der Waals surface area contributed by atoms with Gasteiger partial charge >= 0.3 is 0 Å². The van der Waals surface area contributed by atoms with Crippen LogP contribution in [-0.4, -0.2) is 41.2 Å². The summed E-state index contributed by atoms with van der Waals surface area (Å²) >= 11 is 6.03. The second kappa shape index (κ2) is 8.58. The Kier molecular flexibility index (Phi) is 5.88. The molecule has 3 aromatic rings. The van der Waals surface area contributed by atoms with Crippen LogP contribution in [0.1, 0.15) is 35.5 Å². The van der Waals surface area contributed by atoms with Gasteiger partial charge in [-0.25, -0.2) is 4.98 Å². The summed E-state index contributed by atoms with van der Waals surface area (Å²) in [5.41, 5.74) is 2.96. The number of aromatic nitrogens is 2. The first-order chi connectivity index (χ1) is 14.4. The Morgan fingerprint density at radius 3 is 2.67 bits per heavy atom. The van der Waals surface area contributed by atoms with Crippen molar-refractivity contribution in [1.29, 1.82) is 0 Å². The van der Waals surface area contributed by atoms with Crippen LogP contribution in [0, 0.1) is 6.92 Å². The highest BCUT2D eigenvalue weighted by atomic mass is 35.5. The number of nitrogens with one attached hydrogen (secondary N) is 1. The predicted octanol–water partition coefficient (Wildman–Crippen LogP) is 4.14. The van der Waals surface area contributed by atoms with E-state index >= 15 is 0 Å². The number of carbonyl (C=O) groups is 1. The molecule has 4 rings (SSSR count). The molecule has 156 valence electrons. The standard InChI is InChI=1S/C23H25ClN4O2/c1-14-12-28(13-15(2)30-14)22-7-4-17(10-25-22)11-26-23(29)20-8-18-5-6-19(24)9-21(18)27-16(20)3/h4-10,14-15H,11-13H2,1-3H3,(H,26,29)/t14-,15-/m0/s1. The molecule has 1 N–H and O–H groups in total. The zero-order valence-corrected chi connectivity index (χ0v) is 18.1. The van der Waals surface area contributed by atoms with E-state index in [2.05, 4.69) is 34.0 Å². The van der Waals surface area contributed by atoms with Gasteiger partial charge in [0.2, 0.25) is 0 Å². The third kappa shape index (κ3) is 4.55. The van der Waals surface area contributed by atoms with E-state index in [0.29, 0.717) is 22.8 Å². The number of anilines is 1. The van der Waals surface area contributed by atoms with E-state index < -0.39 is 0 Å². The first kappa shape index (κ1) is 20.6. The van der Waals surface area contributed by atoms with Gasteiger partial charge in [-0.3, -0.25) is 9.78 Å². The van der Waals surface area contributed by atoms with Gasteiger partial charge in [0, 0.05) is 36.2 Å². The zero-order valence-electron chi connectivity index (χ0n) is 17.4. The van der Waals surface area contributed by atoms with E-state index in [9.17, 15) is 4.79 Å². The molecule has 30 heavy (non-hydrogen) atoms. The Labute approximate surface area is 181 Å². The Morgan fingerprint density at radius 2 is 1.97 bits per heavy atom. The molecule has 0 unspecified atom stereocenters. The lowest BCUT2D eigenvalue weighted by atomic mass is 10.1. The average Bonchev–Trinajstić information content (AvgIpc) is 2.71. The van der Waals surface area contributed by atoms with Crippen molar-refractivity contribution in [1.82, 2.24) is 15.3 Å². The summed E-state index contributed by atoms with van der Waals surface area (Å²) in [4.78, 5) is 24.0. The SMILES string of the molecule is Cc1nc2cc(Cl)ccc2cc1C(=O)NCc1ccc(N2C[C@H](C)O[C@@H](C)C2)nc1. The lowest BCUT2D eigenvalue weighted by molar-refractivity contribution is -0.00546. The van der Waals surface area contributed by atoms with Gasteiger partial charge in [0.25, 0.3) is 5.91 Å². The van der Waals surface area contributed by atoms with Crippen molar-refractivity contribution in [2.24, 2.45) is 0 Å². The molecule has 2 aromatic heterocycles. The summed E-state index contributed by atoms with van der Waals surface area (Å²) in [6.07, 6.45) is 2.18. The van der Waals surface area contributed by atoms with Crippen molar-refractivity contribution in [3.8, 4) is 0 Å². The van der Waals surface area contributed by atoms with Crippen molar-refractivity contribution < 1.29 is 9.53 Å². The van der Waals surface area contributed by atoms with Crippen LogP contribution in [0.3, 0.4) is 0 Å². The van der Waals surface area contributed by atoms with Gasteiger partial charge in [0.15, 0.2) is 0 Å². The highest BCUT2D eigenvalue weighted by Gasteiger charge is 2.23. The number of hydrogen-bond acceptors (Lipinski definition) is 5. The number of rotatable bonds is 4. The fourth-order valence-corrected chi connectivity index (χ4v) is 3.98. The number of nitrogens with zero attached hydrogens (tertiary/aromatic N) is 3. The molecule has 1 amide bonds. The number of fused-ring (bicyclic) bond motifs is 1. The second-order valence-corrected chi connectivity index (χ2v) is 8.26. The minimum absolute atomic E-state index is 0.156. The topological polar surface area (TPSA) is 67.4 Å². The Hall–Kier alpha value is -2.70. The third-order valence-electron chi connectivity index (χ3n) is 5.22. The van der Waals surface area contributed by atoms with Crippen LogP contribution in [0.2, 0.25) is 5.02 Å². The second-order valence-electron chi connectivity index (χ2n) is 7.83. The van der Waals surface area contributed by atoms with Gasteiger partial charge in [0.05, 0.1) is 29.0 Å². The summed E-state index contributed by atoms with van der Waals surface area (Å²) < 4.78 is 5.78. The van der Waals surface area contributed by atoms with Crippen molar-refractivity contribution in [2.75, 3.05) is 18.0 Å². The van der Waals surface area contributed by atoms with Crippen LogP contribution in [0.15, 0.2) is 42.6 Å². The zero-order chi connectivity index (χ0) is 21.3. The number of morpholine rings is 1. The number of amides is 1. The highest BCUT2D eigenvalue weighted by molar-refractivity contribution is 6.31. The van der Waals surface area contributed by atoms with Crippen molar-refractivity contribution in [3.63, 3.8) is 0 Å². The maximum atomic E-state index is 12.7. The molecule has 0 aliphatic carbocycles. The van der Waals surface area contributed by atoms with Gasteiger partial charge in [-0.2, -0.15) is 0 Å². The van der Waals surface area contributed by atoms with E-state index in [0.717, 1.165) is 35.4 Å². The van der Waals surface area contributed by atoms with Gasteiger partial charge in [0.1, 0.15) is 5.82 Å². The van der Waals surface area contributed by atoms with E-state index in [4.69, 9.17) is 16.3 Å². The summed E-state index contributed by atoms with van der Waals surface area (Å²) in [6.45, 7) is 8.03. The van der Waals surface area contributed by atoms with Crippen molar-refractivity contribution in [3.05, 3.63) is 64.4 Å². The quantitative estimate of drug-likeness (QED) is 0.681. The molecule has 1 saturated heterocycles. The molecule has 1 aliphatic heterocycles. The Morgan fingerprint density at radius 1 is 1.20 bits per heavy atom. The predicted molar refractivity (Wildman–Crippen MR) is 119 cm³/mol. The van der Waals surface area contributed by atoms with E-state index in [1.54, 1.807) is 12.1 Å². The summed E-state index contributed by atoms with van der Waals surface area (Å²) in [7, 11) is 0. The van der Waals surface area contributed by atoms with Crippen LogP contribution in [-0.2, 0) is 11.3 Å². The van der Waals surface area contributed by atoms with Gasteiger partial charge < -0.3 is 15.0 Å². The number of carbonyl (C=O) groups excluding carboxylic acids is 1. The minimum Gasteiger partial charge on any atom is -0.372 e. The highest BCUT2D eigenvalue weighted by Crippen LogP contribution is 2.21. The van der Waals surface area contributed by atoms with Gasteiger partial charge in [-0.15, -0.1) is 0 Å². The molecule has 0 radical (unpaired) electrons. The first-order valence-electron chi connectivity index (χ1n) is 10.1. The Bertz CT molecular complexity index is 1060. The molecular formula is C23H25ClN4O2. The molecule has 1 aromatic carbocycles. The number of halogens is 1. The number of benzene rings is 1. The molecule has 7 heteroatoms. The normalized spacial score (nSPS) is 19.1. The molecule has 1 aliphatic rings. The van der Waals surface area contributed by atoms with Crippen LogP contribution < -0.4 is 10.2 Å². The van der Waals surface area contributed by atoms with Crippen molar-refractivity contribution in [2.45, 2.75) is 39.5 Å². The molecule has 0 spiro atoms. The van der Waals surface area contributed by atoms with Crippen LogP contribution in [0.4, 0.5) is 5.82 Å². The van der Waals surface area contributed by atoms with E-state index in [1.165, 1.54) is 0 Å². The fraction of sp³-hybridized carbons (Fsp3) is 0.348. The number of aryl methyl sites for hydroxylation is 1. The fourth-order valence-electron chi connectivity index (χ4n) is 3.82.